The monoisotopic (exact) mass is 353 g/mol. The number of anilines is 1. The summed E-state index contributed by atoms with van der Waals surface area (Å²) in [5.74, 6) is 0.0109. The van der Waals surface area contributed by atoms with E-state index in [2.05, 4.69) is 0 Å². The van der Waals surface area contributed by atoms with Crippen LogP contribution in [0.5, 0.6) is 11.5 Å². The summed E-state index contributed by atoms with van der Waals surface area (Å²) in [5.41, 5.74) is 0.650. The number of carbonyl (C=O) groups excluding carboxylic acids is 3. The fourth-order valence-corrected chi connectivity index (χ4v) is 2.63. The number of hydrogen-bond acceptors (Lipinski definition) is 5. The van der Waals surface area contributed by atoms with Crippen LogP contribution in [0, 0.1) is 0 Å². The van der Waals surface area contributed by atoms with Crippen LogP contribution in [-0.4, -0.2) is 24.4 Å². The van der Waals surface area contributed by atoms with Crippen molar-refractivity contribution in [3.63, 3.8) is 0 Å². The van der Waals surface area contributed by atoms with Gasteiger partial charge in [0.05, 0.1) is 17.9 Å². The van der Waals surface area contributed by atoms with E-state index >= 15 is 0 Å². The highest BCUT2D eigenvalue weighted by atomic mass is 16.5. The average Bonchev–Trinajstić information content (AvgIpc) is 2.99. The maximum atomic E-state index is 12.4. The number of nitrogens with zero attached hydrogens (tertiary/aromatic N) is 1. The number of ether oxygens (including phenoxy) is 2. The van der Waals surface area contributed by atoms with Crippen molar-refractivity contribution in [2.45, 2.75) is 26.2 Å². The molecule has 0 N–H and O–H groups in total. The molecule has 0 spiro atoms. The van der Waals surface area contributed by atoms with Gasteiger partial charge < -0.3 is 9.47 Å². The topological polar surface area (TPSA) is 72.9 Å². The predicted octanol–water partition coefficient (Wildman–Crippen LogP) is 3.35. The van der Waals surface area contributed by atoms with E-state index in [1.807, 2.05) is 6.92 Å². The first kappa shape index (κ1) is 17.7. The van der Waals surface area contributed by atoms with Crippen molar-refractivity contribution in [1.29, 1.82) is 0 Å². The maximum absolute atomic E-state index is 12.4. The molecule has 0 radical (unpaired) electrons. The molecule has 0 atom stereocenters. The second kappa shape index (κ2) is 7.82. The molecular formula is C20H19NO5. The normalized spacial score (nSPS) is 13.8. The molecule has 1 saturated heterocycles. The van der Waals surface area contributed by atoms with Crippen molar-refractivity contribution in [1.82, 2.24) is 0 Å². The van der Waals surface area contributed by atoms with Gasteiger partial charge in [-0.05, 0) is 48.9 Å². The molecule has 134 valence electrons. The lowest BCUT2D eigenvalue weighted by Crippen LogP contribution is -2.28. The first-order valence-corrected chi connectivity index (χ1v) is 8.49. The zero-order valence-electron chi connectivity index (χ0n) is 14.4. The second-order valence-corrected chi connectivity index (χ2v) is 5.88. The minimum Gasteiger partial charge on any atom is -0.494 e. The summed E-state index contributed by atoms with van der Waals surface area (Å²) in [7, 11) is 0. The van der Waals surface area contributed by atoms with Gasteiger partial charge in [0.15, 0.2) is 0 Å². The van der Waals surface area contributed by atoms with Crippen LogP contribution in [0.2, 0.25) is 0 Å². The van der Waals surface area contributed by atoms with Crippen LogP contribution in [0.3, 0.4) is 0 Å². The number of amides is 2. The molecule has 1 aliphatic rings. The van der Waals surface area contributed by atoms with E-state index in [9.17, 15) is 14.4 Å². The summed E-state index contributed by atoms with van der Waals surface area (Å²) < 4.78 is 10.8. The molecule has 6 nitrogen and oxygen atoms in total. The smallest absolute Gasteiger partial charge is 0.343 e. The first-order chi connectivity index (χ1) is 12.6. The van der Waals surface area contributed by atoms with Crippen molar-refractivity contribution >= 4 is 23.5 Å². The van der Waals surface area contributed by atoms with E-state index in [1.54, 1.807) is 42.5 Å². The molecule has 26 heavy (non-hydrogen) atoms. The number of imide groups is 1. The van der Waals surface area contributed by atoms with E-state index in [0.29, 0.717) is 23.8 Å². The van der Waals surface area contributed by atoms with Crippen LogP contribution in [-0.2, 0) is 9.59 Å². The summed E-state index contributed by atoms with van der Waals surface area (Å²) in [6.07, 6.45) is 1.30. The molecule has 0 aliphatic carbocycles. The fourth-order valence-electron chi connectivity index (χ4n) is 2.63. The lowest BCUT2D eigenvalue weighted by molar-refractivity contribution is -0.121. The Morgan fingerprint density at radius 3 is 2.31 bits per heavy atom. The molecule has 1 heterocycles. The zero-order valence-corrected chi connectivity index (χ0v) is 14.4. The number of rotatable bonds is 6. The van der Waals surface area contributed by atoms with E-state index in [-0.39, 0.29) is 30.2 Å². The highest BCUT2D eigenvalue weighted by Crippen LogP contribution is 2.24. The number of esters is 1. The molecular weight excluding hydrogens is 334 g/mol. The Balaban J connectivity index is 1.71. The summed E-state index contributed by atoms with van der Waals surface area (Å²) in [5, 5.41) is 0. The molecule has 2 aromatic rings. The number of benzene rings is 2. The lowest BCUT2D eigenvalue weighted by Gasteiger charge is -2.14. The third-order valence-electron chi connectivity index (χ3n) is 3.90. The Hall–Kier alpha value is -3.15. The molecule has 0 saturated carbocycles. The molecule has 1 fully saturated rings. The van der Waals surface area contributed by atoms with E-state index < -0.39 is 5.97 Å². The Morgan fingerprint density at radius 1 is 1.00 bits per heavy atom. The molecule has 2 amide bonds. The fraction of sp³-hybridized carbons (Fsp3) is 0.250. The van der Waals surface area contributed by atoms with Crippen LogP contribution >= 0.6 is 0 Å². The Bertz CT molecular complexity index is 812. The third-order valence-corrected chi connectivity index (χ3v) is 3.90. The van der Waals surface area contributed by atoms with Gasteiger partial charge in [-0.2, -0.15) is 0 Å². The van der Waals surface area contributed by atoms with Crippen molar-refractivity contribution in [3.8, 4) is 11.5 Å². The number of hydrogen-bond donors (Lipinski definition) is 0. The van der Waals surface area contributed by atoms with Crippen LogP contribution in [0.4, 0.5) is 5.69 Å². The predicted molar refractivity (Wildman–Crippen MR) is 95.4 cm³/mol. The highest BCUT2D eigenvalue weighted by Gasteiger charge is 2.30. The summed E-state index contributed by atoms with van der Waals surface area (Å²) in [6.45, 7) is 2.65. The second-order valence-electron chi connectivity index (χ2n) is 5.88. The first-order valence-electron chi connectivity index (χ1n) is 8.49. The third kappa shape index (κ3) is 3.91. The molecule has 1 aliphatic heterocycles. The van der Waals surface area contributed by atoms with Gasteiger partial charge in [0.25, 0.3) is 0 Å². The van der Waals surface area contributed by atoms with E-state index in [4.69, 9.17) is 9.47 Å². The van der Waals surface area contributed by atoms with Gasteiger partial charge >= 0.3 is 5.97 Å². The molecule has 0 aromatic heterocycles. The SMILES string of the molecule is CCCOc1ccc(OC(=O)c2cccc(N3C(=O)CCC3=O)c2)cc1. The zero-order chi connectivity index (χ0) is 18.5. The van der Waals surface area contributed by atoms with Crippen molar-refractivity contribution in [3.05, 3.63) is 54.1 Å². The number of carbonyl (C=O) groups is 3. The summed E-state index contributed by atoms with van der Waals surface area (Å²) in [4.78, 5) is 37.1. The molecule has 0 unspecified atom stereocenters. The van der Waals surface area contributed by atoms with Gasteiger partial charge in [0.1, 0.15) is 11.5 Å². The van der Waals surface area contributed by atoms with Gasteiger partial charge in [-0.3, -0.25) is 14.5 Å². The standard InChI is InChI=1S/C20H19NO5/c1-2-12-25-16-6-8-17(9-7-16)26-20(24)14-4-3-5-15(13-14)21-18(22)10-11-19(21)23/h3-9,13H,2,10-12H2,1H3. The Morgan fingerprint density at radius 2 is 1.65 bits per heavy atom. The van der Waals surface area contributed by atoms with Gasteiger partial charge in [0.2, 0.25) is 11.8 Å². The van der Waals surface area contributed by atoms with Gasteiger partial charge in [0, 0.05) is 12.8 Å². The van der Waals surface area contributed by atoms with Crippen LogP contribution in [0.25, 0.3) is 0 Å². The average molecular weight is 353 g/mol. The molecule has 6 heteroatoms. The molecule has 3 rings (SSSR count). The van der Waals surface area contributed by atoms with Gasteiger partial charge in [-0.15, -0.1) is 0 Å². The van der Waals surface area contributed by atoms with Crippen molar-refractivity contribution in [2.24, 2.45) is 0 Å². The Kier molecular flexibility index (Phi) is 5.31. The van der Waals surface area contributed by atoms with Crippen LogP contribution in [0.15, 0.2) is 48.5 Å². The Labute approximate surface area is 151 Å². The largest absolute Gasteiger partial charge is 0.494 e. The maximum Gasteiger partial charge on any atom is 0.343 e. The van der Waals surface area contributed by atoms with E-state index in [1.165, 1.54) is 6.07 Å². The van der Waals surface area contributed by atoms with Crippen LogP contribution < -0.4 is 14.4 Å². The van der Waals surface area contributed by atoms with Crippen LogP contribution in [0.1, 0.15) is 36.5 Å². The molecule has 2 aromatic carbocycles. The molecule has 0 bridgehead atoms. The minimum atomic E-state index is -0.562. The van der Waals surface area contributed by atoms with Crippen molar-refractivity contribution in [2.75, 3.05) is 11.5 Å². The lowest BCUT2D eigenvalue weighted by atomic mass is 10.2. The summed E-state index contributed by atoms with van der Waals surface area (Å²) >= 11 is 0. The van der Waals surface area contributed by atoms with E-state index in [0.717, 1.165) is 11.3 Å². The highest BCUT2D eigenvalue weighted by molar-refractivity contribution is 6.20. The van der Waals surface area contributed by atoms with Gasteiger partial charge in [-0.25, -0.2) is 4.79 Å². The quantitative estimate of drug-likeness (QED) is 0.452. The summed E-state index contributed by atoms with van der Waals surface area (Å²) in [6, 6.07) is 13.1. The van der Waals surface area contributed by atoms with Crippen molar-refractivity contribution < 1.29 is 23.9 Å². The minimum absolute atomic E-state index is 0.194. The van der Waals surface area contributed by atoms with Gasteiger partial charge in [-0.1, -0.05) is 13.0 Å².